The van der Waals surface area contributed by atoms with Crippen molar-refractivity contribution in [2.45, 2.75) is 26.3 Å². The topological polar surface area (TPSA) is 49.4 Å². The molecule has 6 heteroatoms. The van der Waals surface area contributed by atoms with E-state index in [1.807, 2.05) is 31.2 Å². The van der Waals surface area contributed by atoms with E-state index in [2.05, 4.69) is 21.2 Å². The van der Waals surface area contributed by atoms with Gasteiger partial charge < -0.3 is 5.32 Å². The molecule has 1 rings (SSSR count). The van der Waals surface area contributed by atoms with Crippen molar-refractivity contribution in [3.05, 3.63) is 34.3 Å². The van der Waals surface area contributed by atoms with Gasteiger partial charge in [-0.3, -0.25) is 0 Å². The van der Waals surface area contributed by atoms with Crippen LogP contribution in [-0.4, -0.2) is 38.6 Å². The normalized spacial score (nSPS) is 12.0. The van der Waals surface area contributed by atoms with Gasteiger partial charge in [-0.05, 0) is 43.6 Å². The number of nitrogens with one attached hydrogen (secondary N) is 1. The molecule has 114 valence electrons. The third-order valence-corrected chi connectivity index (χ3v) is 5.40. The van der Waals surface area contributed by atoms with Gasteiger partial charge in [0.05, 0.1) is 5.75 Å². The molecule has 20 heavy (non-hydrogen) atoms. The molecule has 4 nitrogen and oxygen atoms in total. The Balaban J connectivity index is 2.46. The number of hydrogen-bond acceptors (Lipinski definition) is 3. The van der Waals surface area contributed by atoms with Gasteiger partial charge in [0.15, 0.2) is 0 Å². The van der Waals surface area contributed by atoms with Gasteiger partial charge in [-0.25, -0.2) is 12.7 Å². The van der Waals surface area contributed by atoms with E-state index in [0.29, 0.717) is 13.0 Å². The van der Waals surface area contributed by atoms with Crippen LogP contribution in [0.5, 0.6) is 0 Å². The minimum atomic E-state index is -3.17. The Hall–Kier alpha value is -0.430. The minimum absolute atomic E-state index is 0.211. The first-order valence-corrected chi connectivity index (χ1v) is 9.25. The number of unbranched alkanes of at least 4 members (excludes halogenated alkanes) is 1. The van der Waals surface area contributed by atoms with Crippen LogP contribution in [0.25, 0.3) is 0 Å². The number of halogens is 1. The van der Waals surface area contributed by atoms with Crippen LogP contribution in [0.15, 0.2) is 28.7 Å². The number of benzene rings is 1. The van der Waals surface area contributed by atoms with Gasteiger partial charge in [0.1, 0.15) is 0 Å². The Morgan fingerprint density at radius 2 is 2.05 bits per heavy atom. The summed E-state index contributed by atoms with van der Waals surface area (Å²) >= 11 is 3.39. The first-order chi connectivity index (χ1) is 9.45. The highest BCUT2D eigenvalue weighted by Gasteiger charge is 2.17. The molecule has 1 aromatic rings. The summed E-state index contributed by atoms with van der Waals surface area (Å²) in [7, 11) is -1.53. The smallest absolute Gasteiger partial charge is 0.214 e. The van der Waals surface area contributed by atoms with Crippen molar-refractivity contribution in [2.24, 2.45) is 0 Å². The zero-order chi connectivity index (χ0) is 15.0. The molecule has 0 radical (unpaired) electrons. The fourth-order valence-electron chi connectivity index (χ4n) is 1.86. The number of rotatable bonds is 9. The fourth-order valence-corrected chi connectivity index (χ4v) is 3.53. The van der Waals surface area contributed by atoms with E-state index >= 15 is 0 Å². The summed E-state index contributed by atoms with van der Waals surface area (Å²) in [6.07, 6.45) is 1.58. The maximum Gasteiger partial charge on any atom is 0.214 e. The highest BCUT2D eigenvalue weighted by molar-refractivity contribution is 9.10. The summed E-state index contributed by atoms with van der Waals surface area (Å²) in [6, 6.07) is 7.72. The zero-order valence-electron chi connectivity index (χ0n) is 12.1. The quantitative estimate of drug-likeness (QED) is 0.686. The molecule has 0 bridgehead atoms. The second-order valence-electron chi connectivity index (χ2n) is 4.76. The second kappa shape index (κ2) is 8.77. The van der Waals surface area contributed by atoms with E-state index in [4.69, 9.17) is 0 Å². The van der Waals surface area contributed by atoms with Crippen LogP contribution < -0.4 is 5.32 Å². The fraction of sp³-hybridized carbons (Fsp3) is 0.571. The van der Waals surface area contributed by atoms with E-state index in [9.17, 15) is 8.42 Å². The van der Waals surface area contributed by atoms with Gasteiger partial charge in [0, 0.05) is 18.1 Å². The molecule has 0 amide bonds. The lowest BCUT2D eigenvalue weighted by molar-refractivity contribution is 0.464. The van der Waals surface area contributed by atoms with E-state index in [1.165, 1.54) is 4.31 Å². The summed E-state index contributed by atoms with van der Waals surface area (Å²) in [5.74, 6) is 0.211. The molecule has 0 atom stereocenters. The van der Waals surface area contributed by atoms with Crippen molar-refractivity contribution < 1.29 is 8.42 Å². The van der Waals surface area contributed by atoms with Crippen molar-refractivity contribution in [3.63, 3.8) is 0 Å². The van der Waals surface area contributed by atoms with Gasteiger partial charge in [-0.2, -0.15) is 0 Å². The molecule has 0 saturated heterocycles. The maximum atomic E-state index is 12.1. The zero-order valence-corrected chi connectivity index (χ0v) is 14.5. The number of hydrogen-bond donors (Lipinski definition) is 1. The minimum Gasteiger partial charge on any atom is -0.317 e. The van der Waals surface area contributed by atoms with Crippen molar-refractivity contribution >= 4 is 26.0 Å². The van der Waals surface area contributed by atoms with Crippen LogP contribution in [0.4, 0.5) is 0 Å². The standard InChI is InChI=1S/C14H23BrN2O2S/c1-3-16-9-4-5-10-20(18,19)17(2)12-13-7-6-8-14(15)11-13/h6-8,11,16H,3-5,9-10,12H2,1-2H3. The lowest BCUT2D eigenvalue weighted by Gasteiger charge is -2.17. The molecule has 0 heterocycles. The lowest BCUT2D eigenvalue weighted by Crippen LogP contribution is -2.29. The molecule has 0 unspecified atom stereocenters. The summed E-state index contributed by atoms with van der Waals surface area (Å²) < 4.78 is 26.7. The molecular formula is C14H23BrN2O2S. The van der Waals surface area contributed by atoms with E-state index < -0.39 is 10.0 Å². The molecular weight excluding hydrogens is 340 g/mol. The average molecular weight is 363 g/mol. The van der Waals surface area contributed by atoms with Gasteiger partial charge in [-0.15, -0.1) is 0 Å². The largest absolute Gasteiger partial charge is 0.317 e. The molecule has 0 saturated carbocycles. The van der Waals surface area contributed by atoms with Crippen molar-refractivity contribution in [3.8, 4) is 0 Å². The Morgan fingerprint density at radius 3 is 2.70 bits per heavy atom. The first-order valence-electron chi connectivity index (χ1n) is 6.85. The molecule has 0 aromatic heterocycles. The molecule has 0 aliphatic rings. The average Bonchev–Trinajstić information content (AvgIpc) is 2.38. The van der Waals surface area contributed by atoms with E-state index in [1.54, 1.807) is 7.05 Å². The van der Waals surface area contributed by atoms with Gasteiger partial charge in [-0.1, -0.05) is 35.0 Å². The van der Waals surface area contributed by atoms with Crippen molar-refractivity contribution in [2.75, 3.05) is 25.9 Å². The monoisotopic (exact) mass is 362 g/mol. The van der Waals surface area contributed by atoms with Gasteiger partial charge in [0.25, 0.3) is 0 Å². The molecule has 0 fully saturated rings. The van der Waals surface area contributed by atoms with Crippen LogP contribution in [0.3, 0.4) is 0 Å². The highest BCUT2D eigenvalue weighted by atomic mass is 79.9. The van der Waals surface area contributed by atoms with Crippen LogP contribution >= 0.6 is 15.9 Å². The summed E-state index contributed by atoms with van der Waals surface area (Å²) in [6.45, 7) is 4.26. The molecule has 1 N–H and O–H groups in total. The van der Waals surface area contributed by atoms with Gasteiger partial charge >= 0.3 is 0 Å². The first kappa shape index (κ1) is 17.6. The third-order valence-electron chi connectivity index (χ3n) is 3.02. The maximum absolute atomic E-state index is 12.1. The Labute approximate surface area is 130 Å². The van der Waals surface area contributed by atoms with Crippen LogP contribution in [0.1, 0.15) is 25.3 Å². The van der Waals surface area contributed by atoms with Crippen molar-refractivity contribution in [1.29, 1.82) is 0 Å². The number of sulfonamides is 1. The number of nitrogens with zero attached hydrogens (tertiary/aromatic N) is 1. The Kier molecular flexibility index (Phi) is 7.72. The summed E-state index contributed by atoms with van der Waals surface area (Å²) in [5.41, 5.74) is 0.984. The van der Waals surface area contributed by atoms with Gasteiger partial charge in [0.2, 0.25) is 10.0 Å². The molecule has 0 spiro atoms. The Bertz CT molecular complexity index is 506. The van der Waals surface area contributed by atoms with Crippen LogP contribution in [-0.2, 0) is 16.6 Å². The predicted octanol–water partition coefficient (Wildman–Crippen LogP) is 2.60. The molecule has 1 aromatic carbocycles. The second-order valence-corrected chi connectivity index (χ2v) is 7.87. The highest BCUT2D eigenvalue weighted by Crippen LogP contribution is 2.14. The third kappa shape index (κ3) is 6.35. The molecule has 0 aliphatic heterocycles. The lowest BCUT2D eigenvalue weighted by atomic mass is 10.2. The van der Waals surface area contributed by atoms with Crippen LogP contribution in [0.2, 0.25) is 0 Å². The van der Waals surface area contributed by atoms with E-state index in [-0.39, 0.29) is 5.75 Å². The molecule has 0 aliphatic carbocycles. The summed E-state index contributed by atoms with van der Waals surface area (Å²) in [5, 5.41) is 3.20. The summed E-state index contributed by atoms with van der Waals surface area (Å²) in [4.78, 5) is 0. The Morgan fingerprint density at radius 1 is 1.30 bits per heavy atom. The van der Waals surface area contributed by atoms with E-state index in [0.717, 1.165) is 29.5 Å². The SMILES string of the molecule is CCNCCCCS(=O)(=O)N(C)Cc1cccc(Br)c1. The van der Waals surface area contributed by atoms with Crippen molar-refractivity contribution in [1.82, 2.24) is 9.62 Å². The predicted molar refractivity (Wildman–Crippen MR) is 87.2 cm³/mol. The van der Waals surface area contributed by atoms with Crippen LogP contribution in [0, 0.1) is 0 Å².